The van der Waals surface area contributed by atoms with Gasteiger partial charge in [-0.3, -0.25) is 9.59 Å². The zero-order valence-corrected chi connectivity index (χ0v) is 16.9. The van der Waals surface area contributed by atoms with E-state index in [0.717, 1.165) is 31.4 Å². The number of ether oxygens (including phenoxy) is 1. The van der Waals surface area contributed by atoms with Crippen LogP contribution in [0.15, 0.2) is 34.9 Å². The van der Waals surface area contributed by atoms with Crippen molar-refractivity contribution in [3.8, 4) is 5.75 Å². The quantitative estimate of drug-likeness (QED) is 0.768. The molecule has 28 heavy (non-hydrogen) atoms. The molecule has 1 atom stereocenters. The average Bonchev–Trinajstić information content (AvgIpc) is 3.12. The van der Waals surface area contributed by atoms with E-state index < -0.39 is 0 Å². The normalized spacial score (nSPS) is 16.7. The van der Waals surface area contributed by atoms with E-state index in [2.05, 4.69) is 5.32 Å². The maximum Gasteiger partial charge on any atom is 0.289 e. The van der Waals surface area contributed by atoms with Gasteiger partial charge in [-0.05, 0) is 56.4 Å². The number of hydrogen-bond acceptors (Lipinski definition) is 4. The maximum absolute atomic E-state index is 12.6. The molecule has 1 aliphatic heterocycles. The minimum absolute atomic E-state index is 0.0634. The van der Waals surface area contributed by atoms with Crippen molar-refractivity contribution in [3.05, 3.63) is 46.9 Å². The lowest BCUT2D eigenvalue weighted by Gasteiger charge is -2.32. The van der Waals surface area contributed by atoms with Crippen molar-refractivity contribution in [2.75, 3.05) is 25.5 Å². The van der Waals surface area contributed by atoms with Crippen LogP contribution in [-0.4, -0.2) is 36.9 Å². The lowest BCUT2D eigenvalue weighted by atomic mass is 9.93. The van der Waals surface area contributed by atoms with E-state index in [-0.39, 0.29) is 11.8 Å². The first-order chi connectivity index (χ1) is 13.5. The van der Waals surface area contributed by atoms with Crippen LogP contribution in [0.3, 0.4) is 0 Å². The molecule has 2 aromatic rings. The average molecular weight is 405 g/mol. The number of piperidine rings is 1. The van der Waals surface area contributed by atoms with E-state index in [1.807, 2.05) is 11.8 Å². The molecule has 1 saturated heterocycles. The summed E-state index contributed by atoms with van der Waals surface area (Å²) in [5.74, 6) is 1.16. The highest BCUT2D eigenvalue weighted by atomic mass is 35.5. The molecule has 0 radical (unpaired) electrons. The summed E-state index contributed by atoms with van der Waals surface area (Å²) in [6.07, 6.45) is 4.63. The Morgan fingerprint density at radius 3 is 2.86 bits per heavy atom. The third kappa shape index (κ3) is 4.87. The van der Waals surface area contributed by atoms with Crippen LogP contribution >= 0.6 is 11.6 Å². The van der Waals surface area contributed by atoms with Crippen molar-refractivity contribution >= 4 is 29.1 Å². The highest BCUT2D eigenvalue weighted by molar-refractivity contribution is 6.32. The van der Waals surface area contributed by atoms with Crippen LogP contribution in [0.2, 0.25) is 5.02 Å². The van der Waals surface area contributed by atoms with E-state index in [4.69, 9.17) is 20.8 Å². The number of nitrogens with one attached hydrogen (secondary N) is 1. The van der Waals surface area contributed by atoms with Gasteiger partial charge in [0.2, 0.25) is 5.91 Å². The van der Waals surface area contributed by atoms with Gasteiger partial charge in [0.1, 0.15) is 5.75 Å². The number of aryl methyl sites for hydroxylation is 1. The number of methoxy groups -OCH3 is 1. The molecule has 0 aliphatic carbocycles. The number of nitrogens with zero attached hydrogens (tertiary/aromatic N) is 1. The van der Waals surface area contributed by atoms with Gasteiger partial charge in [-0.1, -0.05) is 11.6 Å². The van der Waals surface area contributed by atoms with Gasteiger partial charge in [0.25, 0.3) is 5.91 Å². The Morgan fingerprint density at radius 2 is 2.18 bits per heavy atom. The molecule has 3 rings (SSSR count). The molecule has 6 nitrogen and oxygen atoms in total. The first kappa shape index (κ1) is 20.3. The summed E-state index contributed by atoms with van der Waals surface area (Å²) >= 11 is 6.09. The van der Waals surface area contributed by atoms with Crippen LogP contribution in [-0.2, 0) is 4.79 Å². The number of rotatable bonds is 6. The zero-order valence-electron chi connectivity index (χ0n) is 16.2. The van der Waals surface area contributed by atoms with Gasteiger partial charge in [0.05, 0.1) is 18.4 Å². The van der Waals surface area contributed by atoms with Crippen LogP contribution in [0.1, 0.15) is 41.8 Å². The zero-order chi connectivity index (χ0) is 20.1. The van der Waals surface area contributed by atoms with E-state index in [0.29, 0.717) is 41.1 Å². The second-order valence-electron chi connectivity index (χ2n) is 7.13. The van der Waals surface area contributed by atoms with Crippen molar-refractivity contribution in [2.45, 2.75) is 32.6 Å². The van der Waals surface area contributed by atoms with E-state index >= 15 is 0 Å². The summed E-state index contributed by atoms with van der Waals surface area (Å²) in [6, 6.07) is 6.95. The summed E-state index contributed by atoms with van der Waals surface area (Å²) in [5, 5.41) is 3.32. The molecular weight excluding hydrogens is 380 g/mol. The summed E-state index contributed by atoms with van der Waals surface area (Å²) in [5.41, 5.74) is 1.49. The first-order valence-corrected chi connectivity index (χ1v) is 9.82. The lowest BCUT2D eigenvalue weighted by Crippen LogP contribution is -2.40. The highest BCUT2D eigenvalue weighted by Crippen LogP contribution is 2.28. The molecule has 0 saturated carbocycles. The van der Waals surface area contributed by atoms with Gasteiger partial charge in [0, 0.05) is 30.8 Å². The van der Waals surface area contributed by atoms with Crippen molar-refractivity contribution in [1.29, 1.82) is 0 Å². The van der Waals surface area contributed by atoms with Crippen LogP contribution in [0, 0.1) is 12.8 Å². The molecule has 0 unspecified atom stereocenters. The van der Waals surface area contributed by atoms with E-state index in [9.17, 15) is 9.59 Å². The Labute approximate surface area is 169 Å². The molecule has 0 bridgehead atoms. The summed E-state index contributed by atoms with van der Waals surface area (Å²) < 4.78 is 10.4. The Balaban J connectivity index is 1.50. The third-order valence-electron chi connectivity index (χ3n) is 5.08. The number of carbonyl (C=O) groups excluding carboxylic acids is 2. The number of benzene rings is 1. The van der Waals surface area contributed by atoms with E-state index in [1.54, 1.807) is 37.6 Å². The number of halogens is 1. The van der Waals surface area contributed by atoms with Crippen molar-refractivity contribution < 1.29 is 18.7 Å². The molecule has 1 aliphatic rings. The Bertz CT molecular complexity index is 849. The number of hydrogen-bond donors (Lipinski definition) is 1. The molecule has 0 spiro atoms. The first-order valence-electron chi connectivity index (χ1n) is 9.44. The van der Waals surface area contributed by atoms with Crippen molar-refractivity contribution in [3.63, 3.8) is 0 Å². The fourth-order valence-corrected chi connectivity index (χ4v) is 3.78. The minimum atomic E-state index is -0.0653. The van der Waals surface area contributed by atoms with Gasteiger partial charge in [-0.15, -0.1) is 0 Å². The Kier molecular flexibility index (Phi) is 6.62. The van der Waals surface area contributed by atoms with Crippen LogP contribution in [0.5, 0.6) is 5.75 Å². The van der Waals surface area contributed by atoms with E-state index in [1.165, 1.54) is 0 Å². The van der Waals surface area contributed by atoms with Gasteiger partial charge < -0.3 is 19.4 Å². The largest absolute Gasteiger partial charge is 0.495 e. The fraction of sp³-hybridized carbons (Fsp3) is 0.429. The number of carbonyl (C=O) groups is 2. The standard InChI is InChI=1S/C21H25ClN2O4/c1-14-9-11-28-20(14)21(26)24-10-3-4-15(13-24)5-8-19(25)23-16-6-7-18(27-2)17(22)12-16/h6-7,9,11-12,15H,3-5,8,10,13H2,1-2H3,(H,23,25)/t15-/m1/s1. The van der Waals surface area contributed by atoms with Crippen molar-refractivity contribution in [1.82, 2.24) is 4.90 Å². The predicted molar refractivity (Wildman–Crippen MR) is 108 cm³/mol. The van der Waals surface area contributed by atoms with Gasteiger partial charge >= 0.3 is 0 Å². The lowest BCUT2D eigenvalue weighted by molar-refractivity contribution is -0.116. The monoisotopic (exact) mass is 404 g/mol. The smallest absolute Gasteiger partial charge is 0.289 e. The Morgan fingerprint density at radius 1 is 1.36 bits per heavy atom. The molecule has 1 fully saturated rings. The fourth-order valence-electron chi connectivity index (χ4n) is 3.52. The number of likely N-dealkylation sites (tertiary alicyclic amines) is 1. The van der Waals surface area contributed by atoms with Gasteiger partial charge in [0.15, 0.2) is 5.76 Å². The molecule has 1 aromatic heterocycles. The second kappa shape index (κ2) is 9.15. The van der Waals surface area contributed by atoms with Crippen molar-refractivity contribution in [2.24, 2.45) is 5.92 Å². The second-order valence-corrected chi connectivity index (χ2v) is 7.54. The number of anilines is 1. The Hall–Kier alpha value is -2.47. The summed E-state index contributed by atoms with van der Waals surface area (Å²) in [4.78, 5) is 26.7. The SMILES string of the molecule is COc1ccc(NC(=O)CC[C@H]2CCCN(C(=O)c3occc3C)C2)cc1Cl. The van der Waals surface area contributed by atoms with Crippen LogP contribution < -0.4 is 10.1 Å². The van der Waals surface area contributed by atoms with Crippen LogP contribution in [0.25, 0.3) is 0 Å². The summed E-state index contributed by atoms with van der Waals surface area (Å²) in [6.45, 7) is 3.25. The molecule has 2 amide bonds. The van der Waals surface area contributed by atoms with Crippen LogP contribution in [0.4, 0.5) is 5.69 Å². The molecule has 2 heterocycles. The molecule has 1 aromatic carbocycles. The molecule has 7 heteroatoms. The predicted octanol–water partition coefficient (Wildman–Crippen LogP) is 4.52. The molecule has 1 N–H and O–H groups in total. The maximum atomic E-state index is 12.6. The molecule has 150 valence electrons. The highest BCUT2D eigenvalue weighted by Gasteiger charge is 2.27. The third-order valence-corrected chi connectivity index (χ3v) is 5.37. The minimum Gasteiger partial charge on any atom is -0.495 e. The van der Waals surface area contributed by atoms with Gasteiger partial charge in [-0.25, -0.2) is 0 Å². The topological polar surface area (TPSA) is 71.8 Å². The number of furan rings is 1. The number of amides is 2. The summed E-state index contributed by atoms with van der Waals surface area (Å²) in [7, 11) is 1.55. The molecular formula is C21H25ClN2O4. The van der Waals surface area contributed by atoms with Gasteiger partial charge in [-0.2, -0.15) is 0 Å².